The van der Waals surface area contributed by atoms with Gasteiger partial charge in [0.1, 0.15) is 11.0 Å². The number of hydrogen-bond donors (Lipinski definition) is 0. The second-order valence-corrected chi connectivity index (χ2v) is 4.70. The second-order valence-electron chi connectivity index (χ2n) is 4.70. The SMILES string of the molecule is CCOC(=O)c1cc2c(=O)n3nc(C(=O)OCC)cc3c(=O)n2n1. The van der Waals surface area contributed by atoms with Gasteiger partial charge in [-0.3, -0.25) is 9.59 Å². The summed E-state index contributed by atoms with van der Waals surface area (Å²) in [6.45, 7) is 3.51. The van der Waals surface area contributed by atoms with Crippen LogP contribution in [0.2, 0.25) is 0 Å². The fourth-order valence-corrected chi connectivity index (χ4v) is 2.20. The van der Waals surface area contributed by atoms with Gasteiger partial charge in [0.15, 0.2) is 11.4 Å². The van der Waals surface area contributed by atoms with Gasteiger partial charge in [-0.25, -0.2) is 9.59 Å². The van der Waals surface area contributed by atoms with E-state index in [9.17, 15) is 19.2 Å². The van der Waals surface area contributed by atoms with Crippen molar-refractivity contribution in [3.8, 4) is 0 Å². The minimum Gasteiger partial charge on any atom is -0.461 e. The van der Waals surface area contributed by atoms with Crippen LogP contribution in [-0.4, -0.2) is 44.4 Å². The van der Waals surface area contributed by atoms with Crippen LogP contribution in [0.15, 0.2) is 21.7 Å². The molecule has 0 aliphatic rings. The van der Waals surface area contributed by atoms with E-state index in [0.717, 1.165) is 21.2 Å². The Hall–Kier alpha value is -3.30. The number of ether oxygens (including phenoxy) is 2. The number of rotatable bonds is 4. The van der Waals surface area contributed by atoms with Crippen molar-refractivity contribution in [3.05, 3.63) is 44.2 Å². The zero-order valence-electron chi connectivity index (χ0n) is 12.8. The molecule has 0 aromatic carbocycles. The quantitative estimate of drug-likeness (QED) is 0.586. The summed E-state index contributed by atoms with van der Waals surface area (Å²) in [6, 6.07) is 2.29. The van der Waals surface area contributed by atoms with Crippen LogP contribution < -0.4 is 11.1 Å². The Labute approximate surface area is 133 Å². The maximum Gasteiger partial charge on any atom is 0.358 e. The van der Waals surface area contributed by atoms with Gasteiger partial charge in [-0.05, 0) is 13.8 Å². The molecule has 0 atom stereocenters. The topological polar surface area (TPSA) is 121 Å². The Morgan fingerprint density at radius 3 is 1.58 bits per heavy atom. The summed E-state index contributed by atoms with van der Waals surface area (Å²) in [5.41, 5.74) is -2.00. The van der Waals surface area contributed by atoms with Gasteiger partial charge in [0.05, 0.1) is 13.2 Å². The molecular weight excluding hydrogens is 320 g/mol. The van der Waals surface area contributed by atoms with Crippen molar-refractivity contribution < 1.29 is 19.1 Å². The number of aromatic nitrogens is 4. The van der Waals surface area contributed by atoms with Gasteiger partial charge in [-0.15, -0.1) is 0 Å². The van der Waals surface area contributed by atoms with E-state index in [0.29, 0.717) is 0 Å². The van der Waals surface area contributed by atoms with Gasteiger partial charge in [-0.2, -0.15) is 19.2 Å². The highest BCUT2D eigenvalue weighted by Crippen LogP contribution is 2.06. The lowest BCUT2D eigenvalue weighted by Gasteiger charge is -1.95. The predicted molar refractivity (Wildman–Crippen MR) is 79.6 cm³/mol. The van der Waals surface area contributed by atoms with E-state index in [-0.39, 0.29) is 35.6 Å². The molecule has 10 heteroatoms. The van der Waals surface area contributed by atoms with Crippen molar-refractivity contribution >= 4 is 23.0 Å². The van der Waals surface area contributed by atoms with Crippen molar-refractivity contribution in [1.82, 2.24) is 19.2 Å². The smallest absolute Gasteiger partial charge is 0.358 e. The molecule has 0 aliphatic heterocycles. The highest BCUT2D eigenvalue weighted by Gasteiger charge is 2.21. The molecule has 10 nitrogen and oxygen atoms in total. The normalized spacial score (nSPS) is 11.1. The molecule has 0 bridgehead atoms. The third-order valence-electron chi connectivity index (χ3n) is 3.21. The number of nitrogens with zero attached hydrogens (tertiary/aromatic N) is 4. The molecule has 0 radical (unpaired) electrons. The summed E-state index contributed by atoms with van der Waals surface area (Å²) < 4.78 is 11.2. The van der Waals surface area contributed by atoms with Crippen LogP contribution in [0, 0.1) is 0 Å². The van der Waals surface area contributed by atoms with E-state index in [4.69, 9.17) is 9.47 Å². The standard InChI is InChI=1S/C14H12N4O6/c1-3-23-13(21)7-5-9-11(19)18-10(12(20)17(9)15-7)6-8(16-18)14(22)24-4-2/h5-6H,3-4H2,1-2H3. The number of carbonyl (C=O) groups is 2. The van der Waals surface area contributed by atoms with Gasteiger partial charge in [-0.1, -0.05) is 0 Å². The molecule has 0 saturated heterocycles. The molecule has 3 aromatic rings. The first-order valence-electron chi connectivity index (χ1n) is 7.11. The summed E-state index contributed by atoms with van der Waals surface area (Å²) in [7, 11) is 0. The Balaban J connectivity index is 2.24. The molecule has 24 heavy (non-hydrogen) atoms. The maximum absolute atomic E-state index is 12.4. The molecule has 0 fully saturated rings. The van der Waals surface area contributed by atoms with Crippen LogP contribution >= 0.6 is 0 Å². The van der Waals surface area contributed by atoms with Gasteiger partial charge in [0, 0.05) is 12.1 Å². The van der Waals surface area contributed by atoms with Crippen LogP contribution in [0.1, 0.15) is 34.8 Å². The molecule has 3 aromatic heterocycles. The van der Waals surface area contributed by atoms with Gasteiger partial charge in [0.2, 0.25) is 0 Å². The number of carbonyl (C=O) groups excluding carboxylic acids is 2. The third-order valence-corrected chi connectivity index (χ3v) is 3.21. The number of fused-ring (bicyclic) bond motifs is 2. The van der Waals surface area contributed by atoms with Crippen molar-refractivity contribution in [2.24, 2.45) is 0 Å². The monoisotopic (exact) mass is 332 g/mol. The van der Waals surface area contributed by atoms with Crippen LogP contribution in [0.25, 0.3) is 11.0 Å². The van der Waals surface area contributed by atoms with E-state index in [1.165, 1.54) is 0 Å². The maximum atomic E-state index is 12.4. The summed E-state index contributed by atoms with van der Waals surface area (Å²) >= 11 is 0. The van der Waals surface area contributed by atoms with E-state index >= 15 is 0 Å². The Morgan fingerprint density at radius 2 is 1.25 bits per heavy atom. The highest BCUT2D eigenvalue weighted by atomic mass is 16.5. The first-order valence-corrected chi connectivity index (χ1v) is 7.11. The van der Waals surface area contributed by atoms with Crippen molar-refractivity contribution in [2.75, 3.05) is 13.2 Å². The molecule has 3 rings (SSSR count). The minimum atomic E-state index is -0.746. The van der Waals surface area contributed by atoms with Crippen molar-refractivity contribution in [2.45, 2.75) is 13.8 Å². The van der Waals surface area contributed by atoms with Gasteiger partial charge < -0.3 is 9.47 Å². The van der Waals surface area contributed by atoms with E-state index < -0.39 is 23.1 Å². The number of hydrogen-bond acceptors (Lipinski definition) is 8. The first-order chi connectivity index (χ1) is 11.5. The molecule has 124 valence electrons. The second kappa shape index (κ2) is 5.72. The molecule has 0 N–H and O–H groups in total. The van der Waals surface area contributed by atoms with Crippen LogP contribution in [0.4, 0.5) is 0 Å². The molecule has 0 saturated carbocycles. The zero-order chi connectivity index (χ0) is 17.4. The lowest BCUT2D eigenvalue weighted by Crippen LogP contribution is -2.27. The largest absolute Gasteiger partial charge is 0.461 e. The average molecular weight is 332 g/mol. The van der Waals surface area contributed by atoms with E-state index in [1.54, 1.807) is 13.8 Å². The lowest BCUT2D eigenvalue weighted by molar-refractivity contribution is 0.0509. The summed E-state index contributed by atoms with van der Waals surface area (Å²) in [5, 5.41) is 7.61. The minimum absolute atomic E-state index is 0.132. The molecule has 0 aliphatic carbocycles. The van der Waals surface area contributed by atoms with Crippen LogP contribution in [-0.2, 0) is 9.47 Å². The van der Waals surface area contributed by atoms with E-state index in [1.807, 2.05) is 0 Å². The molecule has 3 heterocycles. The lowest BCUT2D eigenvalue weighted by atomic mass is 10.4. The van der Waals surface area contributed by atoms with Crippen LogP contribution in [0.5, 0.6) is 0 Å². The molecular formula is C14H12N4O6. The fourth-order valence-electron chi connectivity index (χ4n) is 2.20. The average Bonchev–Trinajstić information content (AvgIpc) is 3.18. The first kappa shape index (κ1) is 15.6. The van der Waals surface area contributed by atoms with Gasteiger partial charge >= 0.3 is 11.9 Å². The predicted octanol–water partition coefficient (Wildman–Crippen LogP) is -0.506. The van der Waals surface area contributed by atoms with Crippen molar-refractivity contribution in [1.29, 1.82) is 0 Å². The zero-order valence-corrected chi connectivity index (χ0v) is 12.8. The highest BCUT2D eigenvalue weighted by molar-refractivity contribution is 5.90. The molecule has 0 unspecified atom stereocenters. The molecule has 0 amide bonds. The summed E-state index contributed by atoms with van der Waals surface area (Å²) in [6.07, 6.45) is 0. The molecule has 0 spiro atoms. The van der Waals surface area contributed by atoms with Gasteiger partial charge in [0.25, 0.3) is 11.1 Å². The Morgan fingerprint density at radius 1 is 0.875 bits per heavy atom. The third kappa shape index (κ3) is 2.28. The summed E-state index contributed by atoms with van der Waals surface area (Å²) in [5.74, 6) is -1.49. The number of esters is 2. The summed E-state index contributed by atoms with van der Waals surface area (Å²) in [4.78, 5) is 48.2. The fraction of sp³-hybridized carbons (Fsp3) is 0.286. The Bertz CT molecular complexity index is 922. The van der Waals surface area contributed by atoms with Crippen LogP contribution in [0.3, 0.4) is 0 Å². The Kier molecular flexibility index (Phi) is 3.72. The van der Waals surface area contributed by atoms with Crippen molar-refractivity contribution in [3.63, 3.8) is 0 Å². The van der Waals surface area contributed by atoms with E-state index in [2.05, 4.69) is 10.2 Å².